The summed E-state index contributed by atoms with van der Waals surface area (Å²) in [5, 5.41) is 11.8. The zero-order chi connectivity index (χ0) is 32.7. The molecule has 12 atom stereocenters. The molecule has 7 nitrogen and oxygen atoms in total. The van der Waals surface area contributed by atoms with Crippen LogP contribution >= 0.6 is 0 Å². The largest absolute Gasteiger partial charge is 1.00 e. The van der Waals surface area contributed by atoms with Crippen LogP contribution < -0.4 is 59.1 Å². The predicted octanol–water partition coefficient (Wildman–Crippen LogP) is 1.73. The monoisotopic (exact) mass is 706 g/mol. The molecule has 3 fully saturated rings. The van der Waals surface area contributed by atoms with Crippen LogP contribution in [0.2, 0.25) is 0 Å². The van der Waals surface area contributed by atoms with E-state index in [2.05, 4.69) is 60.6 Å². The minimum absolute atomic E-state index is 0. The number of aliphatic hydroxyl groups is 1. The van der Waals surface area contributed by atoms with E-state index in [9.17, 15) is 22.6 Å². The fourth-order valence-electron chi connectivity index (χ4n) is 12.6. The third-order valence-electron chi connectivity index (χ3n) is 14.5. The van der Waals surface area contributed by atoms with Crippen molar-refractivity contribution < 1.29 is 90.1 Å². The van der Waals surface area contributed by atoms with Crippen LogP contribution in [0.3, 0.4) is 0 Å². The summed E-state index contributed by atoms with van der Waals surface area (Å²) in [5.41, 5.74) is 1.90. The van der Waals surface area contributed by atoms with Crippen LogP contribution in [-0.4, -0.2) is 28.7 Å². The molecule has 6 rings (SSSR count). The Morgan fingerprint density at radius 2 is 1.51 bits per heavy atom. The molecule has 0 aromatic rings. The van der Waals surface area contributed by atoms with Crippen molar-refractivity contribution in [2.45, 2.75) is 119 Å². The molecule has 6 aliphatic rings. The Morgan fingerprint density at radius 1 is 0.872 bits per heavy atom. The number of fused-ring (bicyclic) bond motifs is 7. The van der Waals surface area contributed by atoms with Crippen molar-refractivity contribution >= 4 is 22.7 Å². The molecular formula is C36H52Na2O7S2. The van der Waals surface area contributed by atoms with Crippen molar-refractivity contribution in [3.05, 3.63) is 47.0 Å². The molecule has 0 aromatic heterocycles. The molecule has 0 saturated heterocycles. The molecule has 0 heterocycles. The van der Waals surface area contributed by atoms with E-state index in [1.807, 2.05) is 0 Å². The summed E-state index contributed by atoms with van der Waals surface area (Å²) in [4.78, 5) is 0. The zero-order valence-corrected chi connectivity index (χ0v) is 35.7. The Bertz CT molecular complexity index is 1410. The maximum atomic E-state index is 11.8. The molecule has 3 saturated carbocycles. The van der Waals surface area contributed by atoms with Gasteiger partial charge in [0.15, 0.2) is 0 Å². The maximum absolute atomic E-state index is 11.8. The molecule has 0 radical (unpaired) electrons. The second-order valence-electron chi connectivity index (χ2n) is 17.1. The van der Waals surface area contributed by atoms with Gasteiger partial charge in [-0.2, -0.15) is 0 Å². The minimum atomic E-state index is -2.75. The van der Waals surface area contributed by atoms with Gasteiger partial charge in [-0.3, -0.25) is 0 Å². The van der Waals surface area contributed by atoms with Gasteiger partial charge in [-0.15, -0.1) is 0 Å². The van der Waals surface area contributed by atoms with Crippen LogP contribution in [0.15, 0.2) is 47.0 Å². The summed E-state index contributed by atoms with van der Waals surface area (Å²) in [6.07, 6.45) is 17.5. The van der Waals surface area contributed by atoms with Crippen molar-refractivity contribution in [3.63, 3.8) is 0 Å². The third kappa shape index (κ3) is 6.75. The van der Waals surface area contributed by atoms with Crippen molar-refractivity contribution in [1.82, 2.24) is 0 Å². The molecule has 0 spiro atoms. The number of hydrogen-bond donors (Lipinski definition) is 1. The standard InChI is InChI=1S/C36H54O7S2.2Na/c1-22-9-8-16-32(2,3)24(22)12-18-35(6)27-14-19-36(7)28(34(27,5)20-15-29(35)37)13-17-33(4)21-23-25(42-44(38)39)10-11-26(43-45(40)41)30(23)31(33)36;;/h9-11,21,24,27-31,37H,8,12-20H2,1-7H3,(H,38,39)(H,40,41);;/q;2*+1/p-2/t24-,27-,28-,29+,30?,31-,33-,34+,35+,36-;;/m1../s1. The Balaban J connectivity index is 0.00000250. The number of allylic oxidation sites excluding steroid dienone is 7. The molecule has 11 heteroatoms. The van der Waals surface area contributed by atoms with Gasteiger partial charge in [-0.1, -0.05) is 59.3 Å². The van der Waals surface area contributed by atoms with E-state index < -0.39 is 28.6 Å². The van der Waals surface area contributed by atoms with Gasteiger partial charge in [0.25, 0.3) is 0 Å². The van der Waals surface area contributed by atoms with E-state index in [4.69, 9.17) is 8.37 Å². The summed E-state index contributed by atoms with van der Waals surface area (Å²) >= 11 is -5.51. The summed E-state index contributed by atoms with van der Waals surface area (Å²) < 4.78 is 57.6. The van der Waals surface area contributed by atoms with Gasteiger partial charge in [-0.05, 0) is 134 Å². The van der Waals surface area contributed by atoms with Crippen molar-refractivity contribution in [2.24, 2.45) is 56.7 Å². The molecule has 0 amide bonds. The van der Waals surface area contributed by atoms with Gasteiger partial charge in [-0.25, -0.2) is 8.42 Å². The molecule has 0 aliphatic heterocycles. The van der Waals surface area contributed by atoms with Crippen LogP contribution in [0.4, 0.5) is 0 Å². The molecule has 47 heavy (non-hydrogen) atoms. The first kappa shape index (κ1) is 40.5. The topological polar surface area (TPSA) is 119 Å². The van der Waals surface area contributed by atoms with Crippen molar-refractivity contribution in [3.8, 4) is 0 Å². The maximum Gasteiger partial charge on any atom is 1.00 e. The van der Waals surface area contributed by atoms with Gasteiger partial charge in [0.05, 0.1) is 12.0 Å². The molecule has 0 bridgehead atoms. The molecule has 3 unspecified atom stereocenters. The smallest absolute Gasteiger partial charge is 0.740 e. The first-order valence-corrected chi connectivity index (χ1v) is 19.0. The number of rotatable bonds is 7. The summed E-state index contributed by atoms with van der Waals surface area (Å²) in [6.45, 7) is 16.6. The van der Waals surface area contributed by atoms with Gasteiger partial charge in [0.1, 0.15) is 34.2 Å². The molecular weight excluding hydrogens is 655 g/mol. The normalized spacial score (nSPS) is 44.6. The molecule has 0 aromatic carbocycles. The van der Waals surface area contributed by atoms with Gasteiger partial charge < -0.3 is 22.6 Å². The fourth-order valence-corrected chi connectivity index (χ4v) is 13.2. The van der Waals surface area contributed by atoms with Gasteiger partial charge in [0, 0.05) is 5.57 Å². The Hall–Kier alpha value is 0.740. The second-order valence-corrected chi connectivity index (χ2v) is 18.2. The van der Waals surface area contributed by atoms with E-state index in [1.165, 1.54) is 18.1 Å². The van der Waals surface area contributed by atoms with Gasteiger partial charge in [0.2, 0.25) is 0 Å². The minimum Gasteiger partial charge on any atom is -0.740 e. The van der Waals surface area contributed by atoms with E-state index in [0.29, 0.717) is 29.1 Å². The zero-order valence-electron chi connectivity index (χ0n) is 30.1. The average molecular weight is 707 g/mol. The van der Waals surface area contributed by atoms with Crippen LogP contribution in [-0.2, 0) is 31.1 Å². The van der Waals surface area contributed by atoms with Crippen LogP contribution in [0.25, 0.3) is 0 Å². The molecule has 252 valence electrons. The SMILES string of the molecule is CC1=CCCC(C)(C)[C@@H]1CC[C@@]1(C)[C@@H]2CC[C@]3(C)[C@H](CC[C@]4(C)C=C5C(OS(=O)[O-])=CC=C(OS(=O)[O-])C5[C@@H]34)[C@@]2(C)CC[C@@H]1O.[Na+].[Na+]. The third-order valence-corrected chi connectivity index (χ3v) is 15.1. The number of aliphatic hydroxyl groups excluding tert-OH is 1. The van der Waals surface area contributed by atoms with E-state index >= 15 is 0 Å². The van der Waals surface area contributed by atoms with E-state index in [-0.39, 0.29) is 104 Å². The first-order chi connectivity index (χ1) is 21.0. The Morgan fingerprint density at radius 3 is 2.15 bits per heavy atom. The summed E-state index contributed by atoms with van der Waals surface area (Å²) in [5.74, 6) is 1.49. The van der Waals surface area contributed by atoms with E-state index in [0.717, 1.165) is 57.8 Å². The molecule has 1 N–H and O–H groups in total. The van der Waals surface area contributed by atoms with Crippen LogP contribution in [0.1, 0.15) is 113 Å². The summed E-state index contributed by atoms with van der Waals surface area (Å²) in [6, 6.07) is 0. The Labute approximate surface area is 332 Å². The molecule has 6 aliphatic carbocycles. The van der Waals surface area contributed by atoms with Gasteiger partial charge >= 0.3 is 59.1 Å². The Kier molecular flexibility index (Phi) is 12.3. The number of hydrogen-bond acceptors (Lipinski definition) is 7. The first-order valence-electron chi connectivity index (χ1n) is 17.0. The fraction of sp³-hybridized carbons (Fsp3) is 0.778. The summed E-state index contributed by atoms with van der Waals surface area (Å²) in [7, 11) is 0. The van der Waals surface area contributed by atoms with Crippen LogP contribution in [0, 0.1) is 56.7 Å². The van der Waals surface area contributed by atoms with Crippen molar-refractivity contribution in [2.75, 3.05) is 0 Å². The van der Waals surface area contributed by atoms with Crippen molar-refractivity contribution in [1.29, 1.82) is 0 Å². The second kappa shape index (κ2) is 14.3. The average Bonchev–Trinajstić information content (AvgIpc) is 3.26. The predicted molar refractivity (Wildman–Crippen MR) is 174 cm³/mol. The quantitative estimate of drug-likeness (QED) is 0.244. The van der Waals surface area contributed by atoms with E-state index in [1.54, 1.807) is 6.08 Å². The van der Waals surface area contributed by atoms with Crippen LogP contribution in [0.5, 0.6) is 0 Å².